The Morgan fingerprint density at radius 1 is 1.18 bits per heavy atom. The minimum Gasteiger partial charge on any atom is -0.490 e. The molecule has 0 amide bonds. The van der Waals surface area contributed by atoms with Crippen LogP contribution >= 0.6 is 15.9 Å². The summed E-state index contributed by atoms with van der Waals surface area (Å²) in [6.07, 6.45) is 8.02. The molecule has 0 heterocycles. The summed E-state index contributed by atoms with van der Waals surface area (Å²) in [6.45, 7) is 0.529. The molecule has 2 nitrogen and oxygen atoms in total. The molecule has 1 saturated carbocycles. The van der Waals surface area contributed by atoms with Crippen LogP contribution in [0.1, 0.15) is 44.1 Å². The summed E-state index contributed by atoms with van der Waals surface area (Å²) in [5.41, 5.74) is 6.84. The third kappa shape index (κ3) is 3.71. The molecule has 0 aliphatic heterocycles. The van der Waals surface area contributed by atoms with Crippen molar-refractivity contribution in [3.8, 4) is 5.75 Å². The number of ether oxygens (including phenoxy) is 1. The van der Waals surface area contributed by atoms with Crippen molar-refractivity contribution >= 4 is 15.9 Å². The van der Waals surface area contributed by atoms with Crippen molar-refractivity contribution < 1.29 is 4.74 Å². The monoisotopic (exact) mass is 297 g/mol. The highest BCUT2D eigenvalue weighted by Gasteiger charge is 2.15. The number of halogens is 1. The van der Waals surface area contributed by atoms with Crippen LogP contribution in [0.2, 0.25) is 0 Å². The maximum atomic E-state index is 6.11. The molecule has 1 aromatic carbocycles. The van der Waals surface area contributed by atoms with E-state index in [9.17, 15) is 0 Å². The van der Waals surface area contributed by atoms with Gasteiger partial charge < -0.3 is 10.5 Å². The molecule has 2 rings (SSSR count). The molecule has 1 aromatic rings. The van der Waals surface area contributed by atoms with E-state index in [0.29, 0.717) is 12.6 Å². The minimum atomic E-state index is 0.379. The topological polar surface area (TPSA) is 35.2 Å². The lowest BCUT2D eigenvalue weighted by Gasteiger charge is -2.19. The molecule has 0 atom stereocenters. The van der Waals surface area contributed by atoms with Gasteiger partial charge in [0.15, 0.2) is 0 Å². The summed E-state index contributed by atoms with van der Waals surface area (Å²) in [7, 11) is 0. The molecule has 1 fully saturated rings. The maximum absolute atomic E-state index is 6.11. The Kier molecular flexibility index (Phi) is 4.86. The molecule has 0 saturated heterocycles. The van der Waals surface area contributed by atoms with Gasteiger partial charge in [0.25, 0.3) is 0 Å². The summed E-state index contributed by atoms with van der Waals surface area (Å²) in [4.78, 5) is 0. The van der Waals surface area contributed by atoms with Crippen molar-refractivity contribution in [2.45, 2.75) is 51.2 Å². The van der Waals surface area contributed by atoms with E-state index in [1.54, 1.807) is 0 Å². The number of benzene rings is 1. The zero-order chi connectivity index (χ0) is 12.1. The van der Waals surface area contributed by atoms with Crippen molar-refractivity contribution in [3.63, 3.8) is 0 Å². The number of hydrogen-bond donors (Lipinski definition) is 1. The van der Waals surface area contributed by atoms with Crippen molar-refractivity contribution in [1.82, 2.24) is 0 Å². The molecular formula is C14H20BrNO. The third-order valence-corrected chi connectivity index (χ3v) is 3.83. The second-order valence-electron chi connectivity index (χ2n) is 4.69. The van der Waals surface area contributed by atoms with Gasteiger partial charge in [-0.15, -0.1) is 0 Å². The molecule has 0 unspecified atom stereocenters. The van der Waals surface area contributed by atoms with E-state index in [-0.39, 0.29) is 0 Å². The van der Waals surface area contributed by atoms with E-state index in [4.69, 9.17) is 10.5 Å². The molecule has 0 radical (unpaired) electrons. The fourth-order valence-electron chi connectivity index (χ4n) is 2.36. The molecule has 0 aromatic heterocycles. The molecular weight excluding hydrogens is 278 g/mol. The molecule has 1 aliphatic carbocycles. The Balaban J connectivity index is 2.06. The van der Waals surface area contributed by atoms with Crippen LogP contribution in [0.15, 0.2) is 22.7 Å². The van der Waals surface area contributed by atoms with Crippen LogP contribution in [0, 0.1) is 0 Å². The third-order valence-electron chi connectivity index (χ3n) is 3.34. The van der Waals surface area contributed by atoms with Crippen LogP contribution in [0.5, 0.6) is 5.75 Å². The van der Waals surface area contributed by atoms with Crippen molar-refractivity contribution in [2.24, 2.45) is 5.73 Å². The molecule has 17 heavy (non-hydrogen) atoms. The zero-order valence-corrected chi connectivity index (χ0v) is 11.7. The van der Waals surface area contributed by atoms with Crippen LogP contribution in [0.4, 0.5) is 0 Å². The van der Waals surface area contributed by atoms with Crippen molar-refractivity contribution in [1.29, 1.82) is 0 Å². The summed E-state index contributed by atoms with van der Waals surface area (Å²) >= 11 is 3.46. The normalized spacial score (nSPS) is 17.8. The van der Waals surface area contributed by atoms with E-state index in [1.165, 1.54) is 38.5 Å². The number of hydrogen-bond acceptors (Lipinski definition) is 2. The Bertz CT molecular complexity index is 359. The largest absolute Gasteiger partial charge is 0.490 e. The maximum Gasteiger partial charge on any atom is 0.124 e. The average Bonchev–Trinajstić information content (AvgIpc) is 2.60. The average molecular weight is 298 g/mol. The Morgan fingerprint density at radius 2 is 1.88 bits per heavy atom. The number of nitrogens with two attached hydrogens (primary N) is 1. The van der Waals surface area contributed by atoms with E-state index in [2.05, 4.69) is 15.9 Å². The van der Waals surface area contributed by atoms with Gasteiger partial charge in [0, 0.05) is 16.6 Å². The first kappa shape index (κ1) is 12.9. The highest BCUT2D eigenvalue weighted by molar-refractivity contribution is 9.10. The highest BCUT2D eigenvalue weighted by atomic mass is 79.9. The first-order chi connectivity index (χ1) is 8.29. The predicted molar refractivity (Wildman–Crippen MR) is 74.2 cm³/mol. The van der Waals surface area contributed by atoms with Crippen molar-refractivity contribution in [2.75, 3.05) is 0 Å². The van der Waals surface area contributed by atoms with Crippen LogP contribution in [0.25, 0.3) is 0 Å². The molecule has 94 valence electrons. The van der Waals surface area contributed by atoms with Crippen molar-refractivity contribution in [3.05, 3.63) is 28.2 Å². The minimum absolute atomic E-state index is 0.379. The van der Waals surface area contributed by atoms with Gasteiger partial charge in [-0.05, 0) is 43.9 Å². The summed E-state index contributed by atoms with van der Waals surface area (Å²) in [5.74, 6) is 0.961. The first-order valence-electron chi connectivity index (χ1n) is 6.45. The van der Waals surface area contributed by atoms with E-state index in [0.717, 1.165) is 15.8 Å². The lowest BCUT2D eigenvalue weighted by atomic mass is 10.1. The molecule has 0 spiro atoms. The second-order valence-corrected chi connectivity index (χ2v) is 5.60. The fraction of sp³-hybridized carbons (Fsp3) is 0.571. The number of rotatable bonds is 3. The molecule has 3 heteroatoms. The van der Waals surface area contributed by atoms with Gasteiger partial charge in [-0.3, -0.25) is 0 Å². The Morgan fingerprint density at radius 3 is 2.53 bits per heavy atom. The van der Waals surface area contributed by atoms with Gasteiger partial charge in [0.2, 0.25) is 0 Å². The molecule has 0 bridgehead atoms. The van der Waals surface area contributed by atoms with E-state index in [1.807, 2.05) is 18.2 Å². The van der Waals surface area contributed by atoms with Gasteiger partial charge in [-0.1, -0.05) is 28.8 Å². The fourth-order valence-corrected chi connectivity index (χ4v) is 2.77. The van der Waals surface area contributed by atoms with E-state index < -0.39 is 0 Å². The standard InChI is InChI=1S/C14H20BrNO/c15-12-7-8-14(11(9-12)10-16)17-13-5-3-1-2-4-6-13/h7-9,13H,1-6,10,16H2. The molecule has 2 N–H and O–H groups in total. The van der Waals surface area contributed by atoms with Gasteiger partial charge >= 0.3 is 0 Å². The SMILES string of the molecule is NCc1cc(Br)ccc1OC1CCCCCC1. The van der Waals surface area contributed by atoms with Crippen LogP contribution < -0.4 is 10.5 Å². The second kappa shape index (κ2) is 6.41. The lowest BCUT2D eigenvalue weighted by Crippen LogP contribution is -2.16. The first-order valence-corrected chi connectivity index (χ1v) is 7.24. The smallest absolute Gasteiger partial charge is 0.124 e. The van der Waals surface area contributed by atoms with Gasteiger partial charge in [0.1, 0.15) is 5.75 Å². The zero-order valence-electron chi connectivity index (χ0n) is 10.1. The van der Waals surface area contributed by atoms with Gasteiger partial charge in [0.05, 0.1) is 6.10 Å². The van der Waals surface area contributed by atoms with E-state index >= 15 is 0 Å². The Hall–Kier alpha value is -0.540. The predicted octanol–water partition coefficient (Wildman–Crippen LogP) is 4.01. The molecule has 1 aliphatic rings. The lowest BCUT2D eigenvalue weighted by molar-refractivity contribution is 0.182. The van der Waals surface area contributed by atoms with Crippen LogP contribution in [-0.2, 0) is 6.54 Å². The Labute approximate surface area is 112 Å². The van der Waals surface area contributed by atoms with Crippen LogP contribution in [-0.4, -0.2) is 6.10 Å². The summed E-state index contributed by atoms with van der Waals surface area (Å²) < 4.78 is 7.17. The highest BCUT2D eigenvalue weighted by Crippen LogP contribution is 2.27. The van der Waals surface area contributed by atoms with Gasteiger partial charge in [-0.25, -0.2) is 0 Å². The summed E-state index contributed by atoms with van der Waals surface area (Å²) in [6, 6.07) is 6.09. The quantitative estimate of drug-likeness (QED) is 0.856. The van der Waals surface area contributed by atoms with Gasteiger partial charge in [-0.2, -0.15) is 0 Å². The van der Waals surface area contributed by atoms with Crippen LogP contribution in [0.3, 0.4) is 0 Å². The summed E-state index contributed by atoms with van der Waals surface area (Å²) in [5, 5.41) is 0.